The first-order chi connectivity index (χ1) is 14.9. The molecule has 1 aromatic carbocycles. The number of benzene rings is 1. The van der Waals surface area contributed by atoms with Gasteiger partial charge in [0.25, 0.3) is 0 Å². The summed E-state index contributed by atoms with van der Waals surface area (Å²) in [5.74, 6) is -1.34. The van der Waals surface area contributed by atoms with Crippen molar-refractivity contribution in [2.45, 2.75) is 47.4 Å². The Hall–Kier alpha value is -2.40. The average molecular weight is 469 g/mol. The van der Waals surface area contributed by atoms with E-state index in [-0.39, 0.29) is 4.90 Å². The van der Waals surface area contributed by atoms with Crippen molar-refractivity contribution in [3.8, 4) is 0 Å². The topological polar surface area (TPSA) is 81.2 Å². The van der Waals surface area contributed by atoms with Crippen LogP contribution in [0.2, 0.25) is 0 Å². The van der Waals surface area contributed by atoms with E-state index in [0.717, 1.165) is 43.2 Å². The van der Waals surface area contributed by atoms with Crippen molar-refractivity contribution in [1.29, 1.82) is 0 Å². The standard InChI is InChI=1S/C20H22F2N4O3S2/c21-18(22)31(27,28)17-8-6-15(7-9-17)14-30-20-24-23-19(25-10-2-1-3-11-25)26(20)13-16-5-4-12-29-16/h4-9,12,18H,1-3,10-11,13-14H2. The Morgan fingerprint density at radius 3 is 2.45 bits per heavy atom. The zero-order valence-electron chi connectivity index (χ0n) is 16.7. The molecule has 0 amide bonds. The molecule has 0 bridgehead atoms. The number of nitrogens with zero attached hydrogens (tertiary/aromatic N) is 4. The smallest absolute Gasteiger partial charge is 0.341 e. The summed E-state index contributed by atoms with van der Waals surface area (Å²) in [5.41, 5.74) is 0.797. The van der Waals surface area contributed by atoms with Gasteiger partial charge in [0.15, 0.2) is 5.16 Å². The Morgan fingerprint density at radius 2 is 1.81 bits per heavy atom. The van der Waals surface area contributed by atoms with E-state index >= 15 is 0 Å². The highest BCUT2D eigenvalue weighted by Gasteiger charge is 2.26. The minimum atomic E-state index is -4.59. The molecule has 166 valence electrons. The molecule has 2 aromatic heterocycles. The lowest BCUT2D eigenvalue weighted by Gasteiger charge is -2.27. The fourth-order valence-electron chi connectivity index (χ4n) is 3.44. The molecule has 1 aliphatic rings. The normalized spacial score (nSPS) is 15.0. The first-order valence-electron chi connectivity index (χ1n) is 9.89. The van der Waals surface area contributed by atoms with E-state index in [4.69, 9.17) is 4.42 Å². The lowest BCUT2D eigenvalue weighted by molar-refractivity contribution is 0.234. The van der Waals surface area contributed by atoms with Gasteiger partial charge < -0.3 is 9.32 Å². The van der Waals surface area contributed by atoms with Crippen LogP contribution in [0.25, 0.3) is 0 Å². The maximum atomic E-state index is 12.7. The van der Waals surface area contributed by atoms with E-state index in [1.54, 1.807) is 18.4 Å². The molecule has 0 atom stereocenters. The van der Waals surface area contributed by atoms with Crippen LogP contribution in [0.15, 0.2) is 57.1 Å². The van der Waals surface area contributed by atoms with E-state index in [1.807, 2.05) is 16.7 Å². The number of thioether (sulfide) groups is 1. The molecule has 0 saturated carbocycles. The Labute approximate surface area is 183 Å². The van der Waals surface area contributed by atoms with Gasteiger partial charge in [-0.3, -0.25) is 4.57 Å². The van der Waals surface area contributed by atoms with Crippen molar-refractivity contribution >= 4 is 27.5 Å². The van der Waals surface area contributed by atoms with Gasteiger partial charge in [-0.1, -0.05) is 23.9 Å². The molecule has 4 rings (SSSR count). The largest absolute Gasteiger partial charge is 0.467 e. The average Bonchev–Trinajstić information content (AvgIpc) is 3.43. The van der Waals surface area contributed by atoms with Crippen molar-refractivity contribution in [1.82, 2.24) is 14.8 Å². The molecule has 0 unspecified atom stereocenters. The van der Waals surface area contributed by atoms with Gasteiger partial charge in [0.2, 0.25) is 15.8 Å². The van der Waals surface area contributed by atoms with Crippen molar-refractivity contribution in [3.05, 3.63) is 54.0 Å². The molecule has 0 spiro atoms. The van der Waals surface area contributed by atoms with Gasteiger partial charge in [-0.15, -0.1) is 10.2 Å². The number of halogens is 2. The SMILES string of the molecule is O=S(=O)(c1ccc(CSc2nnc(N3CCCCC3)n2Cc2ccco2)cc1)C(F)F. The molecule has 1 aliphatic heterocycles. The third kappa shape index (κ3) is 4.93. The summed E-state index contributed by atoms with van der Waals surface area (Å²) in [6.45, 7) is 2.36. The number of furan rings is 1. The summed E-state index contributed by atoms with van der Waals surface area (Å²) in [4.78, 5) is 1.85. The van der Waals surface area contributed by atoms with Crippen LogP contribution in [0.1, 0.15) is 30.6 Å². The number of rotatable bonds is 8. The van der Waals surface area contributed by atoms with Gasteiger partial charge in [0.05, 0.1) is 17.7 Å². The van der Waals surface area contributed by atoms with Crippen molar-refractivity contribution in [2.24, 2.45) is 0 Å². The Kier molecular flexibility index (Phi) is 6.61. The van der Waals surface area contributed by atoms with Gasteiger partial charge in [-0.05, 0) is 49.1 Å². The number of aromatic nitrogens is 3. The lowest BCUT2D eigenvalue weighted by atomic mass is 10.1. The highest BCUT2D eigenvalue weighted by Crippen LogP contribution is 2.28. The first-order valence-corrected chi connectivity index (χ1v) is 12.4. The second kappa shape index (κ2) is 9.39. The van der Waals surface area contributed by atoms with Crippen molar-refractivity contribution < 1.29 is 21.6 Å². The van der Waals surface area contributed by atoms with Gasteiger partial charge >= 0.3 is 5.76 Å². The Bertz CT molecular complexity index is 1090. The zero-order valence-corrected chi connectivity index (χ0v) is 18.3. The first kappa shape index (κ1) is 21.8. The van der Waals surface area contributed by atoms with Crippen LogP contribution in [0.4, 0.5) is 14.7 Å². The third-order valence-electron chi connectivity index (χ3n) is 5.08. The molecule has 1 saturated heterocycles. The lowest BCUT2D eigenvalue weighted by Crippen LogP contribution is -2.32. The van der Waals surface area contributed by atoms with E-state index in [2.05, 4.69) is 15.1 Å². The highest BCUT2D eigenvalue weighted by atomic mass is 32.2. The highest BCUT2D eigenvalue weighted by molar-refractivity contribution is 7.98. The number of sulfone groups is 1. The summed E-state index contributed by atoms with van der Waals surface area (Å²) in [7, 11) is -4.59. The number of alkyl halides is 2. The van der Waals surface area contributed by atoms with Crippen LogP contribution in [0.3, 0.4) is 0 Å². The fourth-order valence-corrected chi connectivity index (χ4v) is 5.05. The summed E-state index contributed by atoms with van der Waals surface area (Å²) >= 11 is 1.45. The molecule has 11 heteroatoms. The second-order valence-corrected chi connectivity index (χ2v) is 10.1. The maximum Gasteiger partial charge on any atom is 0.341 e. The molecule has 0 N–H and O–H groups in total. The summed E-state index contributed by atoms with van der Waals surface area (Å²) in [6, 6.07) is 9.25. The van der Waals surface area contributed by atoms with E-state index < -0.39 is 15.6 Å². The van der Waals surface area contributed by atoms with Crippen LogP contribution in [0.5, 0.6) is 0 Å². The quantitative estimate of drug-likeness (QED) is 0.458. The van der Waals surface area contributed by atoms with Gasteiger partial charge in [-0.25, -0.2) is 8.42 Å². The number of anilines is 1. The monoisotopic (exact) mass is 468 g/mol. The van der Waals surface area contributed by atoms with Crippen LogP contribution in [-0.2, 0) is 22.1 Å². The summed E-state index contributed by atoms with van der Waals surface area (Å²) in [5, 5.41) is 9.49. The van der Waals surface area contributed by atoms with Gasteiger partial charge in [-0.2, -0.15) is 8.78 Å². The molecule has 3 heterocycles. The predicted molar refractivity (Wildman–Crippen MR) is 113 cm³/mol. The molecule has 0 radical (unpaired) electrons. The molecule has 7 nitrogen and oxygen atoms in total. The van der Waals surface area contributed by atoms with Crippen LogP contribution in [-0.4, -0.2) is 42.0 Å². The number of piperidine rings is 1. The Balaban J connectivity index is 1.52. The minimum Gasteiger partial charge on any atom is -0.467 e. The van der Waals surface area contributed by atoms with E-state index in [9.17, 15) is 17.2 Å². The number of hydrogen-bond donors (Lipinski definition) is 0. The molecule has 3 aromatic rings. The maximum absolute atomic E-state index is 12.7. The molecule has 31 heavy (non-hydrogen) atoms. The molecular formula is C20H22F2N4O3S2. The van der Waals surface area contributed by atoms with Crippen LogP contribution in [0, 0.1) is 0 Å². The fraction of sp³-hybridized carbons (Fsp3) is 0.400. The molecule has 0 aliphatic carbocycles. The molecular weight excluding hydrogens is 446 g/mol. The zero-order chi connectivity index (χ0) is 21.8. The third-order valence-corrected chi connectivity index (χ3v) is 7.52. The molecule has 1 fully saturated rings. The van der Waals surface area contributed by atoms with Gasteiger partial charge in [0.1, 0.15) is 5.76 Å². The minimum absolute atomic E-state index is 0.385. The van der Waals surface area contributed by atoms with Crippen molar-refractivity contribution in [2.75, 3.05) is 18.0 Å². The summed E-state index contributed by atoms with van der Waals surface area (Å²) < 4.78 is 56.1. The van der Waals surface area contributed by atoms with Crippen LogP contribution < -0.4 is 4.90 Å². The predicted octanol–water partition coefficient (Wildman–Crippen LogP) is 4.20. The van der Waals surface area contributed by atoms with Crippen LogP contribution >= 0.6 is 11.8 Å². The van der Waals surface area contributed by atoms with E-state index in [0.29, 0.717) is 17.5 Å². The number of hydrogen-bond acceptors (Lipinski definition) is 7. The second-order valence-electron chi connectivity index (χ2n) is 7.23. The van der Waals surface area contributed by atoms with E-state index in [1.165, 1.54) is 30.3 Å². The van der Waals surface area contributed by atoms with Gasteiger partial charge in [0, 0.05) is 18.8 Å². The Morgan fingerprint density at radius 1 is 1.06 bits per heavy atom. The van der Waals surface area contributed by atoms with Crippen molar-refractivity contribution in [3.63, 3.8) is 0 Å². The summed E-state index contributed by atoms with van der Waals surface area (Å²) in [6.07, 6.45) is 5.07.